The maximum Gasteiger partial charge on any atom is 0.146 e. The number of likely N-dealkylation sites (N-methyl/N-ethyl adjacent to an activating group) is 1. The van der Waals surface area contributed by atoms with Gasteiger partial charge in [0.2, 0.25) is 0 Å². The molecule has 0 radical (unpaired) electrons. The second-order valence-electron chi connectivity index (χ2n) is 6.25. The van der Waals surface area contributed by atoms with E-state index in [0.717, 1.165) is 37.4 Å². The van der Waals surface area contributed by atoms with Crippen molar-refractivity contribution in [1.82, 2.24) is 10.2 Å². The number of anilines is 1. The first-order valence-corrected chi connectivity index (χ1v) is 7.60. The minimum atomic E-state index is -0.0866. The van der Waals surface area contributed by atoms with Crippen LogP contribution in [0.1, 0.15) is 25.3 Å². The SMILES string of the molecule is CC1CN(C)CCN1c1ccc(CNC2CC2)cc1F. The van der Waals surface area contributed by atoms with E-state index in [1.165, 1.54) is 12.8 Å². The lowest BCUT2D eigenvalue weighted by atomic mass is 10.1. The second-order valence-corrected chi connectivity index (χ2v) is 6.25. The van der Waals surface area contributed by atoms with Crippen molar-refractivity contribution in [2.24, 2.45) is 0 Å². The summed E-state index contributed by atoms with van der Waals surface area (Å²) in [7, 11) is 2.12. The smallest absolute Gasteiger partial charge is 0.146 e. The Kier molecular flexibility index (Phi) is 3.94. The van der Waals surface area contributed by atoms with Crippen LogP contribution in [0.4, 0.5) is 10.1 Å². The summed E-state index contributed by atoms with van der Waals surface area (Å²) >= 11 is 0. The van der Waals surface area contributed by atoms with Crippen LogP contribution >= 0.6 is 0 Å². The van der Waals surface area contributed by atoms with Crippen molar-refractivity contribution in [3.8, 4) is 0 Å². The van der Waals surface area contributed by atoms with Gasteiger partial charge in [0.15, 0.2) is 0 Å². The molecular weight excluding hydrogens is 253 g/mol. The zero-order valence-electron chi connectivity index (χ0n) is 12.4. The standard InChI is InChI=1S/C16H24FN3/c1-12-11-19(2)7-8-20(12)16-6-3-13(9-15(16)17)10-18-14-4-5-14/h3,6,9,12,14,18H,4-5,7-8,10-11H2,1-2H3. The van der Waals surface area contributed by atoms with E-state index in [1.54, 1.807) is 6.07 Å². The molecular formula is C16H24FN3. The van der Waals surface area contributed by atoms with Gasteiger partial charge in [-0.25, -0.2) is 4.39 Å². The number of nitrogens with one attached hydrogen (secondary N) is 1. The third-order valence-electron chi connectivity index (χ3n) is 4.32. The molecule has 0 spiro atoms. The minimum Gasteiger partial charge on any atom is -0.364 e. The molecule has 4 heteroatoms. The Morgan fingerprint density at radius 2 is 2.10 bits per heavy atom. The first kappa shape index (κ1) is 13.8. The van der Waals surface area contributed by atoms with Crippen LogP contribution in [-0.2, 0) is 6.54 Å². The van der Waals surface area contributed by atoms with Gasteiger partial charge in [0, 0.05) is 38.3 Å². The van der Waals surface area contributed by atoms with Crippen LogP contribution in [0, 0.1) is 5.82 Å². The molecule has 1 unspecified atom stereocenters. The van der Waals surface area contributed by atoms with Gasteiger partial charge in [0.05, 0.1) is 5.69 Å². The van der Waals surface area contributed by atoms with Crippen LogP contribution in [0.3, 0.4) is 0 Å². The van der Waals surface area contributed by atoms with Gasteiger partial charge in [0.25, 0.3) is 0 Å². The summed E-state index contributed by atoms with van der Waals surface area (Å²) in [6.07, 6.45) is 2.53. The topological polar surface area (TPSA) is 18.5 Å². The van der Waals surface area contributed by atoms with E-state index in [4.69, 9.17) is 0 Å². The fourth-order valence-electron chi connectivity index (χ4n) is 2.94. The van der Waals surface area contributed by atoms with Crippen molar-refractivity contribution in [1.29, 1.82) is 0 Å². The van der Waals surface area contributed by atoms with Crippen LogP contribution in [-0.4, -0.2) is 43.7 Å². The van der Waals surface area contributed by atoms with Gasteiger partial charge < -0.3 is 15.1 Å². The number of nitrogens with zero attached hydrogens (tertiary/aromatic N) is 2. The average Bonchev–Trinajstić information content (AvgIpc) is 3.22. The summed E-state index contributed by atoms with van der Waals surface area (Å²) < 4.78 is 14.4. The van der Waals surface area contributed by atoms with E-state index in [1.807, 2.05) is 6.07 Å². The fraction of sp³-hybridized carbons (Fsp3) is 0.625. The van der Waals surface area contributed by atoms with Gasteiger partial charge in [-0.3, -0.25) is 0 Å². The summed E-state index contributed by atoms with van der Waals surface area (Å²) in [6, 6.07) is 6.71. The Morgan fingerprint density at radius 1 is 1.30 bits per heavy atom. The molecule has 0 aromatic heterocycles. The lowest BCUT2D eigenvalue weighted by molar-refractivity contribution is 0.274. The normalized spacial score (nSPS) is 24.1. The largest absolute Gasteiger partial charge is 0.364 e. The highest BCUT2D eigenvalue weighted by atomic mass is 19.1. The second kappa shape index (κ2) is 5.70. The predicted octanol–water partition coefficient (Wildman–Crippen LogP) is 2.22. The summed E-state index contributed by atoms with van der Waals surface area (Å²) in [6.45, 7) is 5.82. The molecule has 3 rings (SSSR count). The van der Waals surface area contributed by atoms with Crippen molar-refractivity contribution < 1.29 is 4.39 Å². The van der Waals surface area contributed by atoms with E-state index in [-0.39, 0.29) is 5.82 Å². The highest BCUT2D eigenvalue weighted by molar-refractivity contribution is 5.50. The van der Waals surface area contributed by atoms with E-state index >= 15 is 0 Å². The van der Waals surface area contributed by atoms with Crippen LogP contribution < -0.4 is 10.2 Å². The van der Waals surface area contributed by atoms with Gasteiger partial charge in [-0.15, -0.1) is 0 Å². The van der Waals surface area contributed by atoms with Gasteiger partial charge in [-0.05, 0) is 44.5 Å². The molecule has 0 amide bonds. The maximum atomic E-state index is 14.4. The molecule has 2 aliphatic rings. The Balaban J connectivity index is 1.69. The predicted molar refractivity (Wildman–Crippen MR) is 80.6 cm³/mol. The monoisotopic (exact) mass is 277 g/mol. The van der Waals surface area contributed by atoms with Crippen molar-refractivity contribution in [3.63, 3.8) is 0 Å². The number of rotatable bonds is 4. The van der Waals surface area contributed by atoms with Crippen molar-refractivity contribution in [2.45, 2.75) is 38.4 Å². The molecule has 1 atom stereocenters. The van der Waals surface area contributed by atoms with Gasteiger partial charge in [-0.2, -0.15) is 0 Å². The Morgan fingerprint density at radius 3 is 2.75 bits per heavy atom. The highest BCUT2D eigenvalue weighted by Crippen LogP contribution is 2.25. The van der Waals surface area contributed by atoms with Crippen LogP contribution in [0.15, 0.2) is 18.2 Å². The fourth-order valence-corrected chi connectivity index (χ4v) is 2.94. The molecule has 1 saturated carbocycles. The highest BCUT2D eigenvalue weighted by Gasteiger charge is 2.24. The van der Waals surface area contributed by atoms with Gasteiger partial charge in [-0.1, -0.05) is 6.07 Å². The van der Waals surface area contributed by atoms with Gasteiger partial charge in [0.1, 0.15) is 5.82 Å². The first-order chi connectivity index (χ1) is 9.63. The Bertz CT molecular complexity index is 473. The number of halogens is 1. The average molecular weight is 277 g/mol. The number of hydrogen-bond donors (Lipinski definition) is 1. The molecule has 1 aromatic rings. The lowest BCUT2D eigenvalue weighted by Crippen LogP contribution is -2.50. The van der Waals surface area contributed by atoms with Crippen molar-refractivity contribution in [3.05, 3.63) is 29.6 Å². The van der Waals surface area contributed by atoms with Crippen LogP contribution in [0.2, 0.25) is 0 Å². The summed E-state index contributed by atoms with van der Waals surface area (Å²) in [5.41, 5.74) is 1.79. The quantitative estimate of drug-likeness (QED) is 0.910. The minimum absolute atomic E-state index is 0.0866. The summed E-state index contributed by atoms with van der Waals surface area (Å²) in [5.74, 6) is -0.0866. The molecule has 1 aromatic carbocycles. The summed E-state index contributed by atoms with van der Waals surface area (Å²) in [4.78, 5) is 4.49. The van der Waals surface area contributed by atoms with Crippen LogP contribution in [0.25, 0.3) is 0 Å². The molecule has 1 saturated heterocycles. The molecule has 1 aliphatic heterocycles. The maximum absolute atomic E-state index is 14.4. The van der Waals surface area contributed by atoms with Crippen molar-refractivity contribution in [2.75, 3.05) is 31.6 Å². The first-order valence-electron chi connectivity index (χ1n) is 7.60. The molecule has 3 nitrogen and oxygen atoms in total. The zero-order chi connectivity index (χ0) is 14.1. The lowest BCUT2D eigenvalue weighted by Gasteiger charge is -2.40. The molecule has 20 heavy (non-hydrogen) atoms. The number of piperazine rings is 1. The molecule has 2 fully saturated rings. The molecule has 1 heterocycles. The summed E-state index contributed by atoms with van der Waals surface area (Å²) in [5, 5.41) is 3.43. The number of hydrogen-bond acceptors (Lipinski definition) is 3. The van der Waals surface area contributed by atoms with E-state index in [9.17, 15) is 4.39 Å². The van der Waals surface area contributed by atoms with Gasteiger partial charge >= 0.3 is 0 Å². The van der Waals surface area contributed by atoms with E-state index in [0.29, 0.717) is 12.1 Å². The third-order valence-corrected chi connectivity index (χ3v) is 4.32. The Hall–Kier alpha value is -1.13. The number of benzene rings is 1. The van der Waals surface area contributed by atoms with E-state index < -0.39 is 0 Å². The third kappa shape index (κ3) is 3.13. The zero-order valence-corrected chi connectivity index (χ0v) is 12.4. The van der Waals surface area contributed by atoms with Crippen molar-refractivity contribution >= 4 is 5.69 Å². The molecule has 0 bridgehead atoms. The molecule has 110 valence electrons. The van der Waals surface area contributed by atoms with Crippen LogP contribution in [0.5, 0.6) is 0 Å². The Labute approximate surface area is 120 Å². The van der Waals surface area contributed by atoms with E-state index in [2.05, 4.69) is 35.2 Å². The molecule has 1 N–H and O–H groups in total. The molecule has 1 aliphatic carbocycles.